The number of aryl methyl sites for hydroxylation is 2. The summed E-state index contributed by atoms with van der Waals surface area (Å²) in [7, 11) is 0. The maximum Gasteiger partial charge on any atom is 0.174 e. The van der Waals surface area contributed by atoms with Crippen molar-refractivity contribution in [2.75, 3.05) is 23.7 Å². The van der Waals surface area contributed by atoms with Gasteiger partial charge >= 0.3 is 0 Å². The number of hydrogen-bond donors (Lipinski definition) is 3. The lowest BCUT2D eigenvalue weighted by Gasteiger charge is -2.28. The van der Waals surface area contributed by atoms with Gasteiger partial charge in [0, 0.05) is 35.8 Å². The van der Waals surface area contributed by atoms with Crippen molar-refractivity contribution in [1.29, 1.82) is 0 Å². The topological polar surface area (TPSA) is 153 Å². The third-order valence-corrected chi connectivity index (χ3v) is 6.60. The standard InChI is InChI=1S/C21H26ClN11/c1-2-13-7-14(22)8-16(15(13)9-33-12-27-18-19(23)25-11-26-20(18)33)32-6-5-21(24,10-32)4-3-17-28-30-31-29-17/h7-8,11-12H,2-6,9-10,24H2,1H3,(H2,23,25,26)(H,28,29,30,31). The molecule has 0 saturated carbocycles. The lowest BCUT2D eigenvalue weighted by Crippen LogP contribution is -2.43. The van der Waals surface area contributed by atoms with Gasteiger partial charge in [0.2, 0.25) is 0 Å². The van der Waals surface area contributed by atoms with Gasteiger partial charge in [-0.05, 0) is 42.5 Å². The number of halogens is 1. The number of fused-ring (bicyclic) bond motifs is 1. The van der Waals surface area contributed by atoms with E-state index in [1.807, 2.05) is 16.7 Å². The van der Waals surface area contributed by atoms with Crippen LogP contribution in [0.25, 0.3) is 11.2 Å². The number of nitrogens with one attached hydrogen (secondary N) is 1. The van der Waals surface area contributed by atoms with E-state index in [4.69, 9.17) is 23.1 Å². The van der Waals surface area contributed by atoms with Crippen LogP contribution in [0.4, 0.5) is 11.5 Å². The molecule has 0 amide bonds. The van der Waals surface area contributed by atoms with Crippen molar-refractivity contribution in [1.82, 2.24) is 40.1 Å². The van der Waals surface area contributed by atoms with Crippen molar-refractivity contribution in [3.8, 4) is 0 Å². The predicted octanol–water partition coefficient (Wildman–Crippen LogP) is 1.73. The zero-order valence-electron chi connectivity index (χ0n) is 18.4. The molecule has 1 aliphatic heterocycles. The first-order valence-electron chi connectivity index (χ1n) is 10.9. The van der Waals surface area contributed by atoms with E-state index in [1.54, 1.807) is 6.33 Å². The highest BCUT2D eigenvalue weighted by Gasteiger charge is 2.35. The van der Waals surface area contributed by atoms with Crippen LogP contribution in [0.2, 0.25) is 5.02 Å². The van der Waals surface area contributed by atoms with Crippen LogP contribution in [0.15, 0.2) is 24.8 Å². The van der Waals surface area contributed by atoms with E-state index in [0.29, 0.717) is 40.8 Å². The zero-order chi connectivity index (χ0) is 23.0. The summed E-state index contributed by atoms with van der Waals surface area (Å²) < 4.78 is 2.00. The van der Waals surface area contributed by atoms with E-state index >= 15 is 0 Å². The zero-order valence-corrected chi connectivity index (χ0v) is 19.1. The second-order valence-corrected chi connectivity index (χ2v) is 9.02. The highest BCUT2D eigenvalue weighted by atomic mass is 35.5. The Morgan fingerprint density at radius 2 is 2.12 bits per heavy atom. The number of aromatic amines is 1. The molecule has 5 N–H and O–H groups in total. The van der Waals surface area contributed by atoms with Gasteiger partial charge in [-0.3, -0.25) is 0 Å². The number of aromatic nitrogens is 8. The van der Waals surface area contributed by atoms with Crippen LogP contribution >= 0.6 is 11.6 Å². The number of imidazole rings is 1. The first-order valence-corrected chi connectivity index (χ1v) is 11.3. The van der Waals surface area contributed by atoms with Crippen LogP contribution in [0.3, 0.4) is 0 Å². The van der Waals surface area contributed by atoms with Gasteiger partial charge < -0.3 is 20.9 Å². The minimum atomic E-state index is -0.337. The van der Waals surface area contributed by atoms with Gasteiger partial charge in [0.1, 0.15) is 11.8 Å². The minimum absolute atomic E-state index is 0.337. The number of rotatable bonds is 7. The van der Waals surface area contributed by atoms with Crippen molar-refractivity contribution in [2.24, 2.45) is 5.73 Å². The minimum Gasteiger partial charge on any atom is -0.382 e. The normalized spacial score (nSPS) is 18.5. The lowest BCUT2D eigenvalue weighted by molar-refractivity contribution is 0.431. The van der Waals surface area contributed by atoms with Gasteiger partial charge in [-0.2, -0.15) is 5.21 Å². The smallest absolute Gasteiger partial charge is 0.174 e. The summed E-state index contributed by atoms with van der Waals surface area (Å²) in [6.45, 7) is 4.30. The van der Waals surface area contributed by atoms with E-state index in [1.165, 1.54) is 17.5 Å². The molecule has 0 bridgehead atoms. The fraction of sp³-hybridized carbons (Fsp3) is 0.429. The number of nitrogen functional groups attached to an aromatic ring is 1. The molecular formula is C21H26ClN11. The van der Waals surface area contributed by atoms with Crippen LogP contribution in [-0.2, 0) is 19.4 Å². The van der Waals surface area contributed by atoms with Crippen molar-refractivity contribution in [3.05, 3.63) is 46.8 Å². The molecular weight excluding hydrogens is 442 g/mol. The summed E-state index contributed by atoms with van der Waals surface area (Å²) >= 11 is 6.54. The molecule has 0 aliphatic carbocycles. The van der Waals surface area contributed by atoms with Crippen molar-refractivity contribution >= 4 is 34.3 Å². The molecule has 1 aromatic carbocycles. The molecule has 12 heteroatoms. The Balaban J connectivity index is 1.45. The molecule has 1 unspecified atom stereocenters. The average molecular weight is 468 g/mol. The Bertz CT molecular complexity index is 1270. The van der Waals surface area contributed by atoms with Gasteiger partial charge in [0.05, 0.1) is 12.9 Å². The number of hydrogen-bond acceptors (Lipinski definition) is 9. The SMILES string of the molecule is CCc1cc(Cl)cc(N2CCC(N)(CCc3nn[nH]n3)C2)c1Cn1cnc2c(N)ncnc21. The number of tetrazole rings is 1. The van der Waals surface area contributed by atoms with Crippen molar-refractivity contribution < 1.29 is 0 Å². The summed E-state index contributed by atoms with van der Waals surface area (Å²) in [6, 6.07) is 4.06. The Labute approximate surface area is 195 Å². The van der Waals surface area contributed by atoms with Crippen LogP contribution in [-0.4, -0.2) is 58.8 Å². The maximum absolute atomic E-state index is 6.78. The molecule has 1 aliphatic rings. The molecule has 11 nitrogen and oxygen atoms in total. The fourth-order valence-electron chi connectivity index (χ4n) is 4.60. The summed E-state index contributed by atoms with van der Waals surface area (Å²) in [4.78, 5) is 15.2. The molecule has 33 heavy (non-hydrogen) atoms. The number of anilines is 2. The molecule has 0 radical (unpaired) electrons. The third kappa shape index (κ3) is 4.21. The monoisotopic (exact) mass is 467 g/mol. The molecule has 172 valence electrons. The first-order chi connectivity index (χ1) is 16.0. The number of benzene rings is 1. The first kappa shape index (κ1) is 21.5. The Morgan fingerprint density at radius 1 is 1.24 bits per heavy atom. The summed E-state index contributed by atoms with van der Waals surface area (Å²) in [6.07, 6.45) is 6.41. The molecule has 1 atom stereocenters. The second-order valence-electron chi connectivity index (χ2n) is 8.58. The quantitative estimate of drug-likeness (QED) is 0.368. The molecule has 1 fully saturated rings. The molecule has 0 spiro atoms. The van der Waals surface area contributed by atoms with Gasteiger partial charge in [-0.1, -0.05) is 23.7 Å². The third-order valence-electron chi connectivity index (χ3n) is 6.38. The summed E-state index contributed by atoms with van der Waals surface area (Å²) in [5.41, 5.74) is 17.2. The van der Waals surface area contributed by atoms with Crippen LogP contribution < -0.4 is 16.4 Å². The van der Waals surface area contributed by atoms with E-state index in [9.17, 15) is 0 Å². The Morgan fingerprint density at radius 3 is 2.91 bits per heavy atom. The highest BCUT2D eigenvalue weighted by molar-refractivity contribution is 6.31. The maximum atomic E-state index is 6.78. The molecule has 3 aromatic heterocycles. The second kappa shape index (κ2) is 8.56. The van der Waals surface area contributed by atoms with Crippen LogP contribution in [0, 0.1) is 0 Å². The van der Waals surface area contributed by atoms with Gasteiger partial charge in [-0.25, -0.2) is 15.0 Å². The Kier molecular flexibility index (Phi) is 5.59. The lowest BCUT2D eigenvalue weighted by atomic mass is 9.93. The van der Waals surface area contributed by atoms with E-state index in [0.717, 1.165) is 38.0 Å². The van der Waals surface area contributed by atoms with Gasteiger partial charge in [-0.15, -0.1) is 10.2 Å². The van der Waals surface area contributed by atoms with Gasteiger partial charge in [0.15, 0.2) is 17.3 Å². The predicted molar refractivity (Wildman–Crippen MR) is 126 cm³/mol. The number of nitrogens with zero attached hydrogens (tertiary/aromatic N) is 8. The molecule has 5 rings (SSSR count). The summed E-state index contributed by atoms with van der Waals surface area (Å²) in [5.74, 6) is 1.06. The van der Waals surface area contributed by atoms with Crippen LogP contribution in [0.1, 0.15) is 36.7 Å². The van der Waals surface area contributed by atoms with E-state index in [-0.39, 0.29) is 5.54 Å². The Hall–Kier alpha value is -3.31. The van der Waals surface area contributed by atoms with Crippen molar-refractivity contribution in [3.63, 3.8) is 0 Å². The summed E-state index contributed by atoms with van der Waals surface area (Å²) in [5, 5.41) is 14.9. The van der Waals surface area contributed by atoms with Gasteiger partial charge in [0.25, 0.3) is 0 Å². The van der Waals surface area contributed by atoms with E-state index in [2.05, 4.69) is 47.4 Å². The average Bonchev–Trinajstić information content (AvgIpc) is 3.55. The molecule has 1 saturated heterocycles. The number of H-pyrrole nitrogens is 1. The largest absolute Gasteiger partial charge is 0.382 e. The fourth-order valence-corrected chi connectivity index (χ4v) is 4.83. The molecule has 4 heterocycles. The van der Waals surface area contributed by atoms with E-state index < -0.39 is 0 Å². The highest BCUT2D eigenvalue weighted by Crippen LogP contribution is 2.35. The molecule has 4 aromatic rings. The van der Waals surface area contributed by atoms with Crippen molar-refractivity contribution in [2.45, 2.75) is 44.7 Å². The van der Waals surface area contributed by atoms with Crippen LogP contribution in [0.5, 0.6) is 0 Å². The number of nitrogens with two attached hydrogens (primary N) is 2.